The number of hydrogen-bond acceptors (Lipinski definition) is 7. The van der Waals surface area contributed by atoms with Crippen molar-refractivity contribution in [3.63, 3.8) is 0 Å². The van der Waals surface area contributed by atoms with E-state index in [4.69, 9.17) is 9.47 Å². The molecule has 146 valence electrons. The van der Waals surface area contributed by atoms with Crippen LogP contribution in [0.15, 0.2) is 30.5 Å². The van der Waals surface area contributed by atoms with Gasteiger partial charge in [0.1, 0.15) is 11.6 Å². The summed E-state index contributed by atoms with van der Waals surface area (Å²) in [6, 6.07) is 7.76. The lowest BCUT2D eigenvalue weighted by molar-refractivity contribution is 0.0457. The van der Waals surface area contributed by atoms with E-state index in [1.807, 2.05) is 31.3 Å². The maximum Gasteiger partial charge on any atom is 0.229 e. The van der Waals surface area contributed by atoms with Crippen molar-refractivity contribution < 1.29 is 9.47 Å². The van der Waals surface area contributed by atoms with Gasteiger partial charge in [-0.25, -0.2) is 4.98 Å². The number of methoxy groups -OCH3 is 1. The Morgan fingerprint density at radius 3 is 2.96 bits per heavy atom. The van der Waals surface area contributed by atoms with Crippen molar-refractivity contribution in [2.75, 3.05) is 44.4 Å². The highest BCUT2D eigenvalue weighted by Crippen LogP contribution is 2.26. The smallest absolute Gasteiger partial charge is 0.229 e. The first kappa shape index (κ1) is 19.4. The molecule has 2 N–H and O–H groups in total. The highest BCUT2D eigenvalue weighted by atomic mass is 16.5. The van der Waals surface area contributed by atoms with Gasteiger partial charge < -0.3 is 25.0 Å². The molecule has 1 aliphatic rings. The van der Waals surface area contributed by atoms with Crippen molar-refractivity contribution >= 4 is 17.5 Å². The molecule has 1 aromatic carbocycles. The fraction of sp³-hybridized carbons (Fsp3) is 0.500. The SMILES string of the molecule is CCCN1CCC(OCc2cc(Nc3nccc(NC)n3)ccc2OC)C1. The van der Waals surface area contributed by atoms with Crippen molar-refractivity contribution in [3.8, 4) is 5.75 Å². The van der Waals surface area contributed by atoms with E-state index >= 15 is 0 Å². The minimum Gasteiger partial charge on any atom is -0.496 e. The van der Waals surface area contributed by atoms with Crippen LogP contribution in [0, 0.1) is 0 Å². The molecule has 1 atom stereocenters. The van der Waals surface area contributed by atoms with E-state index in [2.05, 4.69) is 32.4 Å². The largest absolute Gasteiger partial charge is 0.496 e. The summed E-state index contributed by atoms with van der Waals surface area (Å²) in [5, 5.41) is 6.25. The number of nitrogens with zero attached hydrogens (tertiary/aromatic N) is 3. The lowest BCUT2D eigenvalue weighted by Crippen LogP contribution is -2.24. The number of hydrogen-bond donors (Lipinski definition) is 2. The summed E-state index contributed by atoms with van der Waals surface area (Å²) >= 11 is 0. The first-order valence-corrected chi connectivity index (χ1v) is 9.50. The summed E-state index contributed by atoms with van der Waals surface area (Å²) in [5.74, 6) is 2.14. The summed E-state index contributed by atoms with van der Waals surface area (Å²) in [4.78, 5) is 11.1. The molecule has 2 heterocycles. The molecule has 3 rings (SSSR count). The van der Waals surface area contributed by atoms with E-state index < -0.39 is 0 Å². The Hall–Kier alpha value is -2.38. The maximum atomic E-state index is 6.16. The zero-order valence-corrected chi connectivity index (χ0v) is 16.4. The Balaban J connectivity index is 1.64. The first-order valence-electron chi connectivity index (χ1n) is 9.50. The van der Waals surface area contributed by atoms with E-state index in [1.54, 1.807) is 13.3 Å². The van der Waals surface area contributed by atoms with Gasteiger partial charge in [-0.2, -0.15) is 4.98 Å². The number of rotatable bonds is 9. The summed E-state index contributed by atoms with van der Waals surface area (Å²) < 4.78 is 11.7. The number of nitrogens with one attached hydrogen (secondary N) is 2. The summed E-state index contributed by atoms with van der Waals surface area (Å²) in [7, 11) is 3.52. The predicted octanol–water partition coefficient (Wildman–Crippen LogP) is 3.27. The second-order valence-corrected chi connectivity index (χ2v) is 6.69. The maximum absolute atomic E-state index is 6.16. The van der Waals surface area contributed by atoms with Gasteiger partial charge >= 0.3 is 0 Å². The number of likely N-dealkylation sites (tertiary alicyclic amines) is 1. The second-order valence-electron chi connectivity index (χ2n) is 6.69. The van der Waals surface area contributed by atoms with Gasteiger partial charge in [-0.05, 0) is 43.7 Å². The number of benzene rings is 1. The van der Waals surface area contributed by atoms with E-state index in [-0.39, 0.29) is 6.10 Å². The summed E-state index contributed by atoms with van der Waals surface area (Å²) in [6.07, 6.45) is 4.28. The Kier molecular flexibility index (Phi) is 6.84. The van der Waals surface area contributed by atoms with Crippen molar-refractivity contribution in [2.45, 2.75) is 32.5 Å². The zero-order chi connectivity index (χ0) is 19.1. The molecule has 0 aliphatic carbocycles. The highest BCUT2D eigenvalue weighted by molar-refractivity contribution is 5.58. The molecular formula is C20H29N5O2. The third kappa shape index (κ3) is 5.30. The molecule has 1 unspecified atom stereocenters. The molecule has 0 amide bonds. The molecular weight excluding hydrogens is 342 g/mol. The molecule has 1 aliphatic heterocycles. The standard InChI is InChI=1S/C20H29N5O2/c1-4-10-25-11-8-17(13-25)27-14-15-12-16(5-6-18(15)26-3)23-20-22-9-7-19(21-2)24-20/h5-7,9,12,17H,4,8,10-11,13-14H2,1-3H3,(H2,21,22,23,24). The summed E-state index contributed by atoms with van der Waals surface area (Å²) in [6.45, 7) is 6.03. The molecule has 27 heavy (non-hydrogen) atoms. The van der Waals surface area contributed by atoms with Crippen LogP contribution in [0.25, 0.3) is 0 Å². The molecule has 0 spiro atoms. The molecule has 0 bridgehead atoms. The highest BCUT2D eigenvalue weighted by Gasteiger charge is 2.22. The van der Waals surface area contributed by atoms with E-state index in [9.17, 15) is 0 Å². The normalized spacial score (nSPS) is 17.1. The fourth-order valence-corrected chi connectivity index (χ4v) is 3.32. The molecule has 7 nitrogen and oxygen atoms in total. The van der Waals surface area contributed by atoms with Crippen LogP contribution in [0.3, 0.4) is 0 Å². The number of aromatic nitrogens is 2. The van der Waals surface area contributed by atoms with Crippen LogP contribution < -0.4 is 15.4 Å². The minimum absolute atomic E-state index is 0.286. The zero-order valence-electron chi connectivity index (χ0n) is 16.4. The van der Waals surface area contributed by atoms with Crippen LogP contribution in [-0.2, 0) is 11.3 Å². The van der Waals surface area contributed by atoms with Gasteiger partial charge in [0.05, 0.1) is 19.8 Å². The van der Waals surface area contributed by atoms with Crippen molar-refractivity contribution in [2.24, 2.45) is 0 Å². The van der Waals surface area contributed by atoms with Crippen LogP contribution in [0.4, 0.5) is 17.5 Å². The monoisotopic (exact) mass is 371 g/mol. The lowest BCUT2D eigenvalue weighted by Gasteiger charge is -2.17. The third-order valence-electron chi connectivity index (χ3n) is 4.69. The minimum atomic E-state index is 0.286. The predicted molar refractivity (Wildman–Crippen MR) is 108 cm³/mol. The van der Waals surface area contributed by atoms with Gasteiger partial charge in [0.15, 0.2) is 0 Å². The average molecular weight is 371 g/mol. The van der Waals surface area contributed by atoms with Gasteiger partial charge in [0, 0.05) is 37.6 Å². The van der Waals surface area contributed by atoms with Gasteiger partial charge in [-0.3, -0.25) is 0 Å². The third-order valence-corrected chi connectivity index (χ3v) is 4.69. The fourth-order valence-electron chi connectivity index (χ4n) is 3.32. The molecule has 7 heteroatoms. The van der Waals surface area contributed by atoms with Crippen LogP contribution >= 0.6 is 0 Å². The van der Waals surface area contributed by atoms with Gasteiger partial charge in [0.25, 0.3) is 0 Å². The number of ether oxygens (including phenoxy) is 2. The molecule has 1 aromatic heterocycles. The van der Waals surface area contributed by atoms with Gasteiger partial charge in [0.2, 0.25) is 5.95 Å². The molecule has 0 radical (unpaired) electrons. The topological polar surface area (TPSA) is 71.5 Å². The van der Waals surface area contributed by atoms with Gasteiger partial charge in [-0.1, -0.05) is 6.92 Å². The Labute approximate surface area is 161 Å². The number of anilines is 3. The molecule has 1 fully saturated rings. The van der Waals surface area contributed by atoms with E-state index in [1.165, 1.54) is 6.42 Å². The van der Waals surface area contributed by atoms with Crippen LogP contribution in [-0.4, -0.2) is 54.8 Å². The van der Waals surface area contributed by atoms with E-state index in [0.717, 1.165) is 48.9 Å². The van der Waals surface area contributed by atoms with E-state index in [0.29, 0.717) is 12.6 Å². The Morgan fingerprint density at radius 1 is 1.30 bits per heavy atom. The lowest BCUT2D eigenvalue weighted by atomic mass is 10.2. The van der Waals surface area contributed by atoms with Crippen molar-refractivity contribution in [3.05, 3.63) is 36.0 Å². The molecule has 0 saturated carbocycles. The molecule has 1 saturated heterocycles. The van der Waals surface area contributed by atoms with Crippen LogP contribution in [0.2, 0.25) is 0 Å². The first-order chi connectivity index (χ1) is 13.2. The second kappa shape index (κ2) is 9.53. The van der Waals surface area contributed by atoms with Crippen molar-refractivity contribution in [1.29, 1.82) is 0 Å². The molecule has 2 aromatic rings. The quantitative estimate of drug-likeness (QED) is 0.701. The Bertz CT molecular complexity index is 740. The van der Waals surface area contributed by atoms with Crippen LogP contribution in [0.1, 0.15) is 25.3 Å². The van der Waals surface area contributed by atoms with Crippen LogP contribution in [0.5, 0.6) is 5.75 Å². The average Bonchev–Trinajstić information content (AvgIpc) is 3.14. The summed E-state index contributed by atoms with van der Waals surface area (Å²) in [5.41, 5.74) is 1.92. The van der Waals surface area contributed by atoms with Crippen molar-refractivity contribution in [1.82, 2.24) is 14.9 Å². The Morgan fingerprint density at radius 2 is 2.19 bits per heavy atom. The van der Waals surface area contributed by atoms with Gasteiger partial charge in [-0.15, -0.1) is 0 Å².